The summed E-state index contributed by atoms with van der Waals surface area (Å²) in [6, 6.07) is 17.2. The van der Waals surface area contributed by atoms with Gasteiger partial charge in [-0.15, -0.1) is 0 Å². The molecule has 1 unspecified atom stereocenters. The second kappa shape index (κ2) is 10.1. The molecule has 0 saturated heterocycles. The molecule has 5 rings (SSSR count). The fourth-order valence-electron chi connectivity index (χ4n) is 5.46. The Kier molecular flexibility index (Phi) is 6.72. The predicted octanol–water partition coefficient (Wildman–Crippen LogP) is 4.71. The highest BCUT2D eigenvalue weighted by atomic mass is 16.2. The molecule has 1 atom stereocenters. The minimum Gasteiger partial charge on any atom is -0.309 e. The van der Waals surface area contributed by atoms with Crippen molar-refractivity contribution in [1.82, 2.24) is 4.90 Å². The first-order valence-corrected chi connectivity index (χ1v) is 12.8. The normalized spacial score (nSPS) is 20.6. The molecule has 0 bridgehead atoms. The van der Waals surface area contributed by atoms with E-state index < -0.39 is 0 Å². The average Bonchev–Trinajstić information content (AvgIpc) is 3.46. The SMILES string of the molecule is CC1CCCCN(C(=O)CN2C(=O)C3=C(CCC3)C2=O)c2ccccc2N(Cc2ccccc2)C1=O.[HH].[HH]. The first-order chi connectivity index (χ1) is 17.5. The number of amides is 4. The van der Waals surface area contributed by atoms with Gasteiger partial charge in [0.1, 0.15) is 6.54 Å². The second-order valence-corrected chi connectivity index (χ2v) is 9.85. The number of rotatable bonds is 4. The third kappa shape index (κ3) is 4.45. The van der Waals surface area contributed by atoms with Crippen LogP contribution in [0.4, 0.5) is 11.4 Å². The van der Waals surface area contributed by atoms with Crippen molar-refractivity contribution in [2.45, 2.75) is 52.0 Å². The van der Waals surface area contributed by atoms with E-state index in [4.69, 9.17) is 0 Å². The zero-order valence-corrected chi connectivity index (χ0v) is 20.6. The standard InChI is InChI=1S/C29H31N3O4.2H2/c1-20-10-7-8-17-30(26(33)19-32-28(35)22-13-9-14-23(22)29(32)36)24-15-5-6-16-25(24)31(27(20)34)18-21-11-3-2-4-12-21;;/h2-6,11-12,15-16,20H,7-10,13-14,17-19H2,1H3;2*1H. The minimum absolute atomic E-state index is 0. The highest BCUT2D eigenvalue weighted by molar-refractivity contribution is 6.21. The molecule has 4 amide bonds. The number of para-hydroxylation sites is 2. The number of hydrogen-bond donors (Lipinski definition) is 0. The van der Waals surface area contributed by atoms with E-state index in [0.717, 1.165) is 36.1 Å². The first kappa shape index (κ1) is 24.0. The lowest BCUT2D eigenvalue weighted by molar-refractivity contribution is -0.141. The van der Waals surface area contributed by atoms with E-state index in [1.54, 1.807) is 9.80 Å². The molecule has 0 aromatic heterocycles. The van der Waals surface area contributed by atoms with Gasteiger partial charge in [-0.1, -0.05) is 55.8 Å². The van der Waals surface area contributed by atoms with Crippen LogP contribution >= 0.6 is 0 Å². The zero-order chi connectivity index (χ0) is 25.2. The Morgan fingerprint density at radius 2 is 1.47 bits per heavy atom. The highest BCUT2D eigenvalue weighted by Gasteiger charge is 2.41. The molecular formula is C29H35N3O4. The van der Waals surface area contributed by atoms with Crippen LogP contribution in [0.25, 0.3) is 0 Å². The van der Waals surface area contributed by atoms with Gasteiger partial charge in [0.05, 0.1) is 17.9 Å². The Hall–Kier alpha value is -3.74. The lowest BCUT2D eigenvalue weighted by Gasteiger charge is -2.34. The number of carbonyl (C=O) groups is 4. The third-order valence-electron chi connectivity index (χ3n) is 7.42. The molecule has 0 spiro atoms. The van der Waals surface area contributed by atoms with Gasteiger partial charge in [0.2, 0.25) is 11.8 Å². The van der Waals surface area contributed by atoms with Crippen LogP contribution in [-0.4, -0.2) is 41.6 Å². The predicted molar refractivity (Wildman–Crippen MR) is 141 cm³/mol. The number of likely N-dealkylation sites (tertiary alicyclic amines) is 1. The Morgan fingerprint density at radius 3 is 2.17 bits per heavy atom. The molecule has 2 heterocycles. The van der Waals surface area contributed by atoms with E-state index in [1.807, 2.05) is 61.5 Å². The van der Waals surface area contributed by atoms with Gasteiger partial charge < -0.3 is 9.80 Å². The van der Waals surface area contributed by atoms with Crippen LogP contribution in [-0.2, 0) is 25.7 Å². The Bertz CT molecular complexity index is 1220. The summed E-state index contributed by atoms with van der Waals surface area (Å²) in [5.74, 6) is -1.09. The molecule has 0 radical (unpaired) electrons. The fraction of sp³-hybridized carbons (Fsp3) is 0.379. The number of imide groups is 1. The Labute approximate surface area is 214 Å². The van der Waals surface area contributed by atoms with Crippen molar-refractivity contribution in [1.29, 1.82) is 0 Å². The van der Waals surface area contributed by atoms with Gasteiger partial charge in [0.25, 0.3) is 11.8 Å². The number of carbonyl (C=O) groups excluding carboxylic acids is 4. The van der Waals surface area contributed by atoms with Gasteiger partial charge >= 0.3 is 0 Å². The molecule has 0 N–H and O–H groups in total. The van der Waals surface area contributed by atoms with Crippen molar-refractivity contribution in [3.63, 3.8) is 0 Å². The lowest BCUT2D eigenvalue weighted by atomic mass is 9.99. The topological polar surface area (TPSA) is 78.0 Å². The first-order valence-electron chi connectivity index (χ1n) is 12.8. The van der Waals surface area contributed by atoms with Gasteiger partial charge in [-0.25, -0.2) is 0 Å². The number of benzene rings is 2. The maximum absolute atomic E-state index is 13.7. The number of nitrogens with zero attached hydrogens (tertiary/aromatic N) is 3. The quantitative estimate of drug-likeness (QED) is 0.583. The summed E-state index contributed by atoms with van der Waals surface area (Å²) < 4.78 is 0. The van der Waals surface area contributed by atoms with Gasteiger partial charge in [-0.2, -0.15) is 0 Å². The van der Waals surface area contributed by atoms with Crippen molar-refractivity contribution in [2.24, 2.45) is 5.92 Å². The van der Waals surface area contributed by atoms with Crippen molar-refractivity contribution in [3.05, 3.63) is 71.3 Å². The molecule has 7 nitrogen and oxygen atoms in total. The maximum atomic E-state index is 13.7. The van der Waals surface area contributed by atoms with Gasteiger partial charge in [0, 0.05) is 26.5 Å². The summed E-state index contributed by atoms with van der Waals surface area (Å²) in [7, 11) is 0. The van der Waals surface area contributed by atoms with E-state index in [2.05, 4.69) is 0 Å². The summed E-state index contributed by atoms with van der Waals surface area (Å²) in [6.45, 7) is 2.52. The van der Waals surface area contributed by atoms with E-state index in [-0.39, 0.29) is 38.9 Å². The summed E-state index contributed by atoms with van der Waals surface area (Å²) in [5.41, 5.74) is 3.43. The average molecular weight is 490 g/mol. The van der Waals surface area contributed by atoms with Crippen molar-refractivity contribution >= 4 is 35.0 Å². The van der Waals surface area contributed by atoms with Crippen LogP contribution < -0.4 is 9.80 Å². The monoisotopic (exact) mass is 489 g/mol. The van der Waals surface area contributed by atoms with Crippen LogP contribution in [0.15, 0.2) is 65.7 Å². The van der Waals surface area contributed by atoms with Crippen LogP contribution in [0.1, 0.15) is 53.9 Å². The smallest absolute Gasteiger partial charge is 0.257 e. The molecule has 2 aliphatic heterocycles. The van der Waals surface area contributed by atoms with Crippen molar-refractivity contribution in [3.8, 4) is 0 Å². The molecule has 7 heteroatoms. The molecule has 190 valence electrons. The van der Waals surface area contributed by atoms with Crippen LogP contribution in [0, 0.1) is 5.92 Å². The second-order valence-electron chi connectivity index (χ2n) is 9.85. The van der Waals surface area contributed by atoms with Gasteiger partial charge in [0.15, 0.2) is 0 Å². The van der Waals surface area contributed by atoms with E-state index >= 15 is 0 Å². The van der Waals surface area contributed by atoms with E-state index in [9.17, 15) is 19.2 Å². The molecule has 3 aliphatic rings. The Balaban J connectivity index is 0.00000200. The van der Waals surface area contributed by atoms with E-state index in [1.165, 1.54) is 0 Å². The van der Waals surface area contributed by atoms with Gasteiger partial charge in [-0.3, -0.25) is 24.1 Å². The minimum atomic E-state index is -0.329. The molecular weight excluding hydrogens is 454 g/mol. The van der Waals surface area contributed by atoms with Crippen LogP contribution in [0.3, 0.4) is 0 Å². The fourth-order valence-corrected chi connectivity index (χ4v) is 5.46. The molecule has 2 aromatic rings. The van der Waals surface area contributed by atoms with Crippen LogP contribution in [0.2, 0.25) is 0 Å². The van der Waals surface area contributed by atoms with Gasteiger partial charge in [-0.05, 0) is 49.8 Å². The number of anilines is 2. The maximum Gasteiger partial charge on any atom is 0.257 e. The molecule has 36 heavy (non-hydrogen) atoms. The summed E-state index contributed by atoms with van der Waals surface area (Å²) >= 11 is 0. The molecule has 2 aromatic carbocycles. The van der Waals surface area contributed by atoms with E-state index in [0.29, 0.717) is 48.5 Å². The molecule has 0 fully saturated rings. The largest absolute Gasteiger partial charge is 0.309 e. The Morgan fingerprint density at radius 1 is 0.833 bits per heavy atom. The summed E-state index contributed by atoms with van der Waals surface area (Å²) in [5, 5.41) is 0. The highest BCUT2D eigenvalue weighted by Crippen LogP contribution is 2.36. The number of hydrogen-bond acceptors (Lipinski definition) is 4. The zero-order valence-electron chi connectivity index (χ0n) is 20.6. The number of fused-ring (bicyclic) bond motifs is 1. The van der Waals surface area contributed by atoms with Crippen molar-refractivity contribution < 1.29 is 22.0 Å². The molecule has 0 saturated carbocycles. The van der Waals surface area contributed by atoms with Crippen LogP contribution in [0.5, 0.6) is 0 Å². The lowest BCUT2D eigenvalue weighted by Crippen LogP contribution is -2.45. The molecule has 1 aliphatic carbocycles. The summed E-state index contributed by atoms with van der Waals surface area (Å²) in [4.78, 5) is 57.5. The van der Waals surface area contributed by atoms with Crippen molar-refractivity contribution in [2.75, 3.05) is 22.9 Å². The summed E-state index contributed by atoms with van der Waals surface area (Å²) in [6.07, 6.45) is 4.28. The third-order valence-corrected chi connectivity index (χ3v) is 7.42.